The maximum atomic E-state index is 13.3. The molecule has 0 saturated heterocycles. The van der Waals surface area contributed by atoms with Crippen molar-refractivity contribution in [2.75, 3.05) is 13.1 Å². The Bertz CT molecular complexity index is 816. The van der Waals surface area contributed by atoms with E-state index in [2.05, 4.69) is 16.0 Å². The van der Waals surface area contributed by atoms with Crippen LogP contribution in [0, 0.1) is 12.7 Å². The number of benzene rings is 1. The molecule has 3 N–H and O–H groups in total. The van der Waals surface area contributed by atoms with Crippen LogP contribution in [-0.2, 0) is 14.4 Å². The second-order valence-electron chi connectivity index (χ2n) is 5.71. The van der Waals surface area contributed by atoms with Crippen LogP contribution in [0.3, 0.4) is 0 Å². The number of rotatable bonds is 6. The van der Waals surface area contributed by atoms with Gasteiger partial charge in [0.15, 0.2) is 0 Å². The van der Waals surface area contributed by atoms with Crippen molar-refractivity contribution in [3.8, 4) is 0 Å². The van der Waals surface area contributed by atoms with Gasteiger partial charge in [0, 0.05) is 17.9 Å². The van der Waals surface area contributed by atoms with Crippen molar-refractivity contribution < 1.29 is 23.2 Å². The Balaban J connectivity index is 1.94. The van der Waals surface area contributed by atoms with Crippen molar-refractivity contribution in [3.05, 3.63) is 35.3 Å². The molecule has 0 radical (unpaired) electrons. The number of aryl methyl sites for hydroxylation is 1. The molecule has 0 aliphatic carbocycles. The molecule has 25 heavy (non-hydrogen) atoms. The fraction of sp³-hybridized carbons (Fsp3) is 0.353. The zero-order chi connectivity index (χ0) is 18.6. The minimum Gasteiger partial charge on any atom is -0.459 e. The summed E-state index contributed by atoms with van der Waals surface area (Å²) in [6.45, 7) is 4.41. The number of halogens is 1. The molecule has 1 aromatic carbocycles. The summed E-state index contributed by atoms with van der Waals surface area (Å²) in [6.07, 6.45) is 0. The molecule has 1 aromatic heterocycles. The molecule has 7 nitrogen and oxygen atoms in total. The Morgan fingerprint density at radius 2 is 1.84 bits per heavy atom. The molecule has 0 fully saturated rings. The highest BCUT2D eigenvalue weighted by atomic mass is 19.1. The van der Waals surface area contributed by atoms with Gasteiger partial charge >= 0.3 is 0 Å². The van der Waals surface area contributed by atoms with Crippen LogP contribution in [0.25, 0.3) is 11.0 Å². The van der Waals surface area contributed by atoms with Crippen LogP contribution in [0.4, 0.5) is 4.39 Å². The highest BCUT2D eigenvalue weighted by Gasteiger charge is 2.19. The fourth-order valence-corrected chi connectivity index (χ4v) is 2.43. The first kappa shape index (κ1) is 18.4. The molecule has 0 aliphatic rings. The van der Waals surface area contributed by atoms with Gasteiger partial charge in [0.05, 0.1) is 19.1 Å². The largest absolute Gasteiger partial charge is 0.459 e. The van der Waals surface area contributed by atoms with Gasteiger partial charge in [-0.05, 0) is 32.0 Å². The van der Waals surface area contributed by atoms with Crippen molar-refractivity contribution >= 4 is 28.7 Å². The molecule has 1 atom stereocenters. The minimum atomic E-state index is -0.464. The second kappa shape index (κ2) is 7.78. The summed E-state index contributed by atoms with van der Waals surface area (Å²) < 4.78 is 19.0. The monoisotopic (exact) mass is 349 g/mol. The third-order valence-corrected chi connectivity index (χ3v) is 3.65. The summed E-state index contributed by atoms with van der Waals surface area (Å²) >= 11 is 0. The predicted molar refractivity (Wildman–Crippen MR) is 89.2 cm³/mol. The Morgan fingerprint density at radius 1 is 1.16 bits per heavy atom. The molecule has 2 rings (SSSR count). The Morgan fingerprint density at radius 3 is 2.52 bits per heavy atom. The van der Waals surface area contributed by atoms with Crippen molar-refractivity contribution in [1.29, 1.82) is 0 Å². The molecule has 0 aliphatic heterocycles. The van der Waals surface area contributed by atoms with E-state index in [4.69, 9.17) is 4.42 Å². The first-order valence-corrected chi connectivity index (χ1v) is 7.77. The molecular weight excluding hydrogens is 329 g/mol. The molecule has 2 aromatic rings. The molecule has 1 heterocycles. The average Bonchev–Trinajstić information content (AvgIpc) is 2.87. The van der Waals surface area contributed by atoms with Gasteiger partial charge < -0.3 is 20.4 Å². The maximum absolute atomic E-state index is 13.3. The highest BCUT2D eigenvalue weighted by Crippen LogP contribution is 2.29. The van der Waals surface area contributed by atoms with Gasteiger partial charge in [-0.25, -0.2) is 4.39 Å². The van der Waals surface area contributed by atoms with E-state index in [0.717, 1.165) is 5.56 Å². The zero-order valence-electron chi connectivity index (χ0n) is 14.2. The number of carbonyl (C=O) groups is 3. The van der Waals surface area contributed by atoms with Gasteiger partial charge in [-0.3, -0.25) is 14.4 Å². The SMILES string of the molecule is CC(=O)NCC(=O)NCC(=O)N[C@@H](C)c1oc2ccc(F)cc2c1C. The van der Waals surface area contributed by atoms with Crippen LogP contribution in [0.15, 0.2) is 22.6 Å². The lowest BCUT2D eigenvalue weighted by Crippen LogP contribution is -2.42. The number of furan rings is 1. The Kier molecular flexibility index (Phi) is 5.74. The van der Waals surface area contributed by atoms with E-state index in [1.807, 2.05) is 0 Å². The minimum absolute atomic E-state index is 0.188. The third kappa shape index (κ3) is 4.79. The summed E-state index contributed by atoms with van der Waals surface area (Å²) in [7, 11) is 0. The van der Waals surface area contributed by atoms with E-state index in [-0.39, 0.29) is 24.8 Å². The van der Waals surface area contributed by atoms with Crippen LogP contribution < -0.4 is 16.0 Å². The lowest BCUT2D eigenvalue weighted by Gasteiger charge is -2.13. The summed E-state index contributed by atoms with van der Waals surface area (Å²) in [5.41, 5.74) is 1.29. The van der Waals surface area contributed by atoms with E-state index in [0.29, 0.717) is 16.7 Å². The topological polar surface area (TPSA) is 100 Å². The number of nitrogens with one attached hydrogen (secondary N) is 3. The molecule has 0 spiro atoms. The molecule has 3 amide bonds. The molecule has 0 bridgehead atoms. The fourth-order valence-electron chi connectivity index (χ4n) is 2.43. The van der Waals surface area contributed by atoms with Crippen molar-refractivity contribution in [2.24, 2.45) is 0 Å². The normalized spacial score (nSPS) is 11.8. The number of fused-ring (bicyclic) bond motifs is 1. The first-order valence-electron chi connectivity index (χ1n) is 7.77. The summed E-state index contributed by atoms with van der Waals surface area (Å²) in [5, 5.41) is 8.09. The molecular formula is C17H20FN3O4. The van der Waals surface area contributed by atoms with Crippen LogP contribution in [0.2, 0.25) is 0 Å². The van der Waals surface area contributed by atoms with Gasteiger partial charge in [-0.15, -0.1) is 0 Å². The van der Waals surface area contributed by atoms with Crippen LogP contribution >= 0.6 is 0 Å². The summed E-state index contributed by atoms with van der Waals surface area (Å²) in [4.78, 5) is 34.1. The van der Waals surface area contributed by atoms with Gasteiger partial charge in [-0.1, -0.05) is 0 Å². The number of carbonyl (C=O) groups excluding carboxylic acids is 3. The number of hydrogen-bond donors (Lipinski definition) is 3. The molecule has 134 valence electrons. The zero-order valence-corrected chi connectivity index (χ0v) is 14.2. The maximum Gasteiger partial charge on any atom is 0.239 e. The van der Waals surface area contributed by atoms with Gasteiger partial charge in [-0.2, -0.15) is 0 Å². The first-order chi connectivity index (χ1) is 11.8. The van der Waals surface area contributed by atoms with E-state index in [1.165, 1.54) is 25.1 Å². The highest BCUT2D eigenvalue weighted by molar-refractivity contribution is 5.88. The van der Waals surface area contributed by atoms with Crippen LogP contribution in [0.1, 0.15) is 31.2 Å². The van der Waals surface area contributed by atoms with E-state index in [1.54, 1.807) is 13.8 Å². The molecule has 8 heteroatoms. The number of amides is 3. The van der Waals surface area contributed by atoms with E-state index >= 15 is 0 Å². The van der Waals surface area contributed by atoms with Gasteiger partial charge in [0.1, 0.15) is 17.2 Å². The summed E-state index contributed by atoms with van der Waals surface area (Å²) in [6, 6.07) is 3.78. The third-order valence-electron chi connectivity index (χ3n) is 3.65. The molecule has 0 saturated carbocycles. The van der Waals surface area contributed by atoms with E-state index < -0.39 is 17.9 Å². The lowest BCUT2D eigenvalue weighted by molar-refractivity contribution is -0.127. The smallest absolute Gasteiger partial charge is 0.239 e. The van der Waals surface area contributed by atoms with Crippen molar-refractivity contribution in [2.45, 2.75) is 26.8 Å². The second-order valence-corrected chi connectivity index (χ2v) is 5.71. The lowest BCUT2D eigenvalue weighted by atomic mass is 10.1. The van der Waals surface area contributed by atoms with E-state index in [9.17, 15) is 18.8 Å². The van der Waals surface area contributed by atoms with Crippen LogP contribution in [-0.4, -0.2) is 30.8 Å². The Hall–Kier alpha value is -2.90. The van der Waals surface area contributed by atoms with Crippen molar-refractivity contribution in [1.82, 2.24) is 16.0 Å². The van der Waals surface area contributed by atoms with Crippen molar-refractivity contribution in [3.63, 3.8) is 0 Å². The average molecular weight is 349 g/mol. The molecule has 0 unspecified atom stereocenters. The number of hydrogen-bond acceptors (Lipinski definition) is 4. The standard InChI is InChI=1S/C17H20FN3O4/c1-9-13-6-12(18)4-5-14(13)25-17(9)10(2)21-16(24)8-20-15(23)7-19-11(3)22/h4-6,10H,7-8H2,1-3H3,(H,19,22)(H,20,23)(H,21,24)/t10-/m0/s1. The quantitative estimate of drug-likeness (QED) is 0.732. The Labute approximate surface area is 143 Å². The van der Waals surface area contributed by atoms with Crippen LogP contribution in [0.5, 0.6) is 0 Å². The summed E-state index contributed by atoms with van der Waals surface area (Å²) in [5.74, 6) is -1.03. The van der Waals surface area contributed by atoms with Gasteiger partial charge in [0.2, 0.25) is 17.7 Å². The predicted octanol–water partition coefficient (Wildman–Crippen LogP) is 1.31. The van der Waals surface area contributed by atoms with Gasteiger partial charge in [0.25, 0.3) is 0 Å².